The van der Waals surface area contributed by atoms with Crippen LogP contribution < -0.4 is 11.5 Å². The number of primary amides is 1. The second-order valence-corrected chi connectivity index (χ2v) is 2.22. The lowest BCUT2D eigenvalue weighted by atomic mass is 10.2. The van der Waals surface area contributed by atoms with Gasteiger partial charge in [0, 0.05) is 6.42 Å². The van der Waals surface area contributed by atoms with Gasteiger partial charge in [-0.25, -0.2) is 0 Å². The van der Waals surface area contributed by atoms with Crippen molar-refractivity contribution in [1.82, 2.24) is 0 Å². The first-order valence-corrected chi connectivity index (χ1v) is 4.09. The van der Waals surface area contributed by atoms with Crippen LogP contribution in [0, 0.1) is 0 Å². The SMILES string of the molecule is NC(=O)CC[C@H](N)C(=O)O.O=[PH+]O. The van der Waals surface area contributed by atoms with Gasteiger partial charge < -0.3 is 16.6 Å². The van der Waals surface area contributed by atoms with E-state index in [0.717, 1.165) is 0 Å². The molecule has 76 valence electrons. The van der Waals surface area contributed by atoms with Gasteiger partial charge in [-0.3, -0.25) is 9.59 Å². The summed E-state index contributed by atoms with van der Waals surface area (Å²) in [5, 5.41) is 8.22. The Morgan fingerprint density at radius 3 is 2.08 bits per heavy atom. The maximum Gasteiger partial charge on any atom is 0.491 e. The van der Waals surface area contributed by atoms with E-state index in [0.29, 0.717) is 0 Å². The van der Waals surface area contributed by atoms with Crippen molar-refractivity contribution in [3.63, 3.8) is 0 Å². The first-order valence-electron chi connectivity index (χ1n) is 3.23. The van der Waals surface area contributed by atoms with Gasteiger partial charge in [-0.1, -0.05) is 0 Å². The quantitative estimate of drug-likeness (QED) is 0.420. The highest BCUT2D eigenvalue weighted by Gasteiger charge is 2.11. The Labute approximate surface area is 76.0 Å². The summed E-state index contributed by atoms with van der Waals surface area (Å²) in [4.78, 5) is 27.2. The first-order chi connectivity index (χ1) is 5.95. The van der Waals surface area contributed by atoms with E-state index in [1.807, 2.05) is 0 Å². The zero-order valence-corrected chi connectivity index (χ0v) is 7.77. The van der Waals surface area contributed by atoms with Crippen molar-refractivity contribution in [3.05, 3.63) is 0 Å². The van der Waals surface area contributed by atoms with Crippen LogP contribution in [0.15, 0.2) is 0 Å². The molecule has 0 rings (SSSR count). The fourth-order valence-corrected chi connectivity index (χ4v) is 0.421. The summed E-state index contributed by atoms with van der Waals surface area (Å²) < 4.78 is 8.51. The number of hydrogen-bond acceptors (Lipinski definition) is 4. The van der Waals surface area contributed by atoms with Crippen LogP contribution >= 0.6 is 8.69 Å². The Morgan fingerprint density at radius 1 is 1.46 bits per heavy atom. The molecule has 2 atom stereocenters. The van der Waals surface area contributed by atoms with Gasteiger partial charge in [0.1, 0.15) is 6.04 Å². The minimum Gasteiger partial charge on any atom is -0.480 e. The lowest BCUT2D eigenvalue weighted by Gasteiger charge is -2.01. The van der Waals surface area contributed by atoms with Crippen LogP contribution in [0.25, 0.3) is 0 Å². The Balaban J connectivity index is 0. The van der Waals surface area contributed by atoms with Gasteiger partial charge in [-0.05, 0) is 11.0 Å². The van der Waals surface area contributed by atoms with Crippen LogP contribution in [0.5, 0.6) is 0 Å². The molecule has 0 radical (unpaired) electrons. The number of carbonyl (C=O) groups is 2. The molecule has 0 heterocycles. The van der Waals surface area contributed by atoms with Gasteiger partial charge >= 0.3 is 14.7 Å². The van der Waals surface area contributed by atoms with E-state index < -0.39 is 26.6 Å². The van der Waals surface area contributed by atoms with Crippen molar-refractivity contribution in [1.29, 1.82) is 0 Å². The summed E-state index contributed by atoms with van der Waals surface area (Å²) in [5.41, 5.74) is 9.81. The Morgan fingerprint density at radius 2 is 1.85 bits per heavy atom. The van der Waals surface area contributed by atoms with Crippen LogP contribution in [0.4, 0.5) is 0 Å². The molecule has 8 heteroatoms. The van der Waals surface area contributed by atoms with E-state index in [1.54, 1.807) is 0 Å². The molecule has 0 aromatic rings. The molecule has 0 bridgehead atoms. The number of nitrogens with two attached hydrogens (primary N) is 2. The number of hydrogen-bond donors (Lipinski definition) is 4. The highest BCUT2D eigenvalue weighted by atomic mass is 31.1. The lowest BCUT2D eigenvalue weighted by Crippen LogP contribution is -2.31. The van der Waals surface area contributed by atoms with Gasteiger partial charge in [0.15, 0.2) is 0 Å². The van der Waals surface area contributed by atoms with E-state index in [2.05, 4.69) is 0 Å². The second-order valence-electron chi connectivity index (χ2n) is 2.04. The summed E-state index contributed by atoms with van der Waals surface area (Å²) in [6, 6.07) is -0.979. The second kappa shape index (κ2) is 9.05. The molecule has 0 aliphatic rings. The standard InChI is InChI=1S/C5H10N2O3.HO2P/c6-3(5(9)10)1-2-4(7)8;1-3-2/h3H,1-2,6H2,(H2,7,8)(H,9,10);3H/p+1/t3-;/m0./s1. The van der Waals surface area contributed by atoms with Crippen LogP contribution in [0.3, 0.4) is 0 Å². The summed E-state index contributed by atoms with van der Waals surface area (Å²) in [7, 11) is -1.17. The monoisotopic (exact) mass is 211 g/mol. The van der Waals surface area contributed by atoms with Gasteiger partial charge in [-0.2, -0.15) is 4.89 Å². The molecule has 0 saturated carbocycles. The average molecular weight is 211 g/mol. The van der Waals surface area contributed by atoms with Gasteiger partial charge in [0.05, 0.1) is 0 Å². The molecular formula is C5H12N2O5P+. The molecule has 0 aromatic heterocycles. The molecule has 0 fully saturated rings. The zero-order valence-electron chi connectivity index (χ0n) is 6.77. The highest BCUT2D eigenvalue weighted by molar-refractivity contribution is 7.16. The van der Waals surface area contributed by atoms with Crippen LogP contribution in [-0.4, -0.2) is 27.9 Å². The molecule has 0 aliphatic heterocycles. The molecule has 1 unspecified atom stereocenters. The van der Waals surface area contributed by atoms with Crippen molar-refractivity contribution in [2.24, 2.45) is 11.5 Å². The van der Waals surface area contributed by atoms with Gasteiger partial charge in [0.2, 0.25) is 5.91 Å². The van der Waals surface area contributed by atoms with Gasteiger partial charge in [-0.15, -0.1) is 0 Å². The molecule has 13 heavy (non-hydrogen) atoms. The summed E-state index contributed by atoms with van der Waals surface area (Å²) in [5.74, 6) is -1.64. The highest BCUT2D eigenvalue weighted by Crippen LogP contribution is 1.92. The third-order valence-electron chi connectivity index (χ3n) is 1.02. The van der Waals surface area contributed by atoms with Crippen molar-refractivity contribution in [3.8, 4) is 0 Å². The van der Waals surface area contributed by atoms with Crippen molar-refractivity contribution < 1.29 is 24.2 Å². The van der Waals surface area contributed by atoms with E-state index in [-0.39, 0.29) is 12.8 Å². The fraction of sp³-hybridized carbons (Fsp3) is 0.600. The molecule has 1 amide bonds. The molecule has 7 nitrogen and oxygen atoms in total. The minimum absolute atomic E-state index is 0.0213. The predicted molar refractivity (Wildman–Crippen MR) is 45.3 cm³/mol. The van der Waals surface area contributed by atoms with E-state index in [4.69, 9.17) is 26.0 Å². The zero-order chi connectivity index (χ0) is 10.9. The lowest BCUT2D eigenvalue weighted by molar-refractivity contribution is -0.138. The number of carboxylic acid groups (broad SMARTS) is 1. The third kappa shape index (κ3) is 13.9. The van der Waals surface area contributed by atoms with Crippen LogP contribution in [0.1, 0.15) is 12.8 Å². The van der Waals surface area contributed by atoms with Crippen molar-refractivity contribution in [2.75, 3.05) is 0 Å². The minimum atomic E-state index is -1.17. The fourth-order valence-electron chi connectivity index (χ4n) is 0.421. The smallest absolute Gasteiger partial charge is 0.480 e. The number of amides is 1. The average Bonchev–Trinajstić information content (AvgIpc) is 2.01. The topological polar surface area (TPSA) is 144 Å². The molecule has 0 saturated heterocycles. The largest absolute Gasteiger partial charge is 0.491 e. The number of carboxylic acids is 1. The van der Waals surface area contributed by atoms with E-state index in [9.17, 15) is 9.59 Å². The predicted octanol–water partition coefficient (Wildman–Crippen LogP) is -1.42. The van der Waals surface area contributed by atoms with E-state index in [1.165, 1.54) is 0 Å². The molecule has 0 aromatic carbocycles. The molecule has 0 aliphatic carbocycles. The number of carbonyl (C=O) groups excluding carboxylic acids is 1. The summed E-state index contributed by atoms with van der Waals surface area (Å²) in [6.45, 7) is 0. The van der Waals surface area contributed by atoms with Crippen molar-refractivity contribution in [2.45, 2.75) is 18.9 Å². The Kier molecular flexibility index (Phi) is 10.1. The summed E-state index contributed by atoms with van der Waals surface area (Å²) in [6.07, 6.45) is 0.123. The summed E-state index contributed by atoms with van der Waals surface area (Å²) >= 11 is 0. The number of aliphatic carboxylic acids is 1. The third-order valence-corrected chi connectivity index (χ3v) is 1.02. The normalized spacial score (nSPS) is 11.2. The maximum absolute atomic E-state index is 10.1. The molecule has 6 N–H and O–H groups in total. The van der Waals surface area contributed by atoms with E-state index >= 15 is 0 Å². The van der Waals surface area contributed by atoms with Crippen LogP contribution in [0.2, 0.25) is 0 Å². The first kappa shape index (κ1) is 14.5. The molecular weight excluding hydrogens is 199 g/mol. The van der Waals surface area contributed by atoms with Crippen LogP contribution in [-0.2, 0) is 14.2 Å². The molecule has 0 spiro atoms. The Bertz CT molecular complexity index is 186. The Hall–Kier alpha value is -1.04. The van der Waals surface area contributed by atoms with Gasteiger partial charge in [0.25, 0.3) is 0 Å². The van der Waals surface area contributed by atoms with Crippen molar-refractivity contribution >= 4 is 20.6 Å². The maximum atomic E-state index is 10.1. The number of rotatable bonds is 4.